The summed E-state index contributed by atoms with van der Waals surface area (Å²) in [5.41, 5.74) is -0.138. The van der Waals surface area contributed by atoms with Crippen molar-refractivity contribution in [1.29, 1.82) is 0 Å². The summed E-state index contributed by atoms with van der Waals surface area (Å²) in [7, 11) is 0. The molecule has 0 aromatic carbocycles. The average molecular weight is 158 g/mol. The normalized spacial score (nSPS) is 11.5. The lowest BCUT2D eigenvalue weighted by Gasteiger charge is -2.24. The van der Waals surface area contributed by atoms with Gasteiger partial charge in [-0.05, 0) is 20.3 Å². The van der Waals surface area contributed by atoms with Crippen LogP contribution < -0.4 is 0 Å². The standard InChI is InChI=1S/C9H18O2/c1-5-6-9(3,4)11-7-8(2)10/h10H,2,5-7H2,1,3-4H3. The topological polar surface area (TPSA) is 29.5 Å². The van der Waals surface area contributed by atoms with Crippen molar-refractivity contribution in [3.8, 4) is 0 Å². The molecule has 0 atom stereocenters. The molecule has 0 fully saturated rings. The number of hydrogen-bond donors (Lipinski definition) is 1. The van der Waals surface area contributed by atoms with Crippen LogP contribution >= 0.6 is 0 Å². The molecule has 0 amide bonds. The molecule has 0 aliphatic heterocycles. The molecule has 0 saturated heterocycles. The molecule has 0 spiro atoms. The van der Waals surface area contributed by atoms with Gasteiger partial charge < -0.3 is 9.84 Å². The predicted octanol–water partition coefficient (Wildman–Crippen LogP) is 2.65. The Labute approximate surface area is 68.9 Å². The molecule has 0 radical (unpaired) electrons. The molecule has 1 N–H and O–H groups in total. The predicted molar refractivity (Wildman–Crippen MR) is 46.7 cm³/mol. The van der Waals surface area contributed by atoms with E-state index in [0.29, 0.717) is 0 Å². The minimum Gasteiger partial charge on any atom is -0.510 e. The first-order valence-corrected chi connectivity index (χ1v) is 3.98. The van der Waals surface area contributed by atoms with Gasteiger partial charge in [0.25, 0.3) is 0 Å². The Kier molecular flexibility index (Phi) is 4.19. The maximum absolute atomic E-state index is 8.76. The molecule has 0 rings (SSSR count). The van der Waals surface area contributed by atoms with E-state index < -0.39 is 0 Å². The lowest BCUT2D eigenvalue weighted by Crippen LogP contribution is -2.24. The van der Waals surface area contributed by atoms with Gasteiger partial charge in [-0.3, -0.25) is 0 Å². The second-order valence-corrected chi connectivity index (χ2v) is 3.36. The SMILES string of the molecule is C=C(O)COC(C)(C)CCC. The van der Waals surface area contributed by atoms with Crippen molar-refractivity contribution < 1.29 is 9.84 Å². The van der Waals surface area contributed by atoms with E-state index in [1.807, 2.05) is 13.8 Å². The van der Waals surface area contributed by atoms with Gasteiger partial charge in [-0.15, -0.1) is 0 Å². The minimum absolute atomic E-state index is 0.0918. The van der Waals surface area contributed by atoms with E-state index in [1.165, 1.54) is 0 Å². The van der Waals surface area contributed by atoms with Crippen LogP contribution in [0.15, 0.2) is 12.3 Å². The second-order valence-electron chi connectivity index (χ2n) is 3.36. The summed E-state index contributed by atoms with van der Waals surface area (Å²) < 4.78 is 5.38. The van der Waals surface area contributed by atoms with E-state index >= 15 is 0 Å². The molecular weight excluding hydrogens is 140 g/mol. The van der Waals surface area contributed by atoms with Crippen molar-refractivity contribution in [2.45, 2.75) is 39.2 Å². The minimum atomic E-state index is -0.138. The van der Waals surface area contributed by atoms with Crippen LogP contribution in [0, 0.1) is 0 Å². The van der Waals surface area contributed by atoms with Gasteiger partial charge in [-0.1, -0.05) is 19.9 Å². The highest BCUT2D eigenvalue weighted by Crippen LogP contribution is 2.16. The summed E-state index contributed by atoms with van der Waals surface area (Å²) in [6, 6.07) is 0. The number of aliphatic hydroxyl groups excluding tert-OH is 1. The molecule has 0 bridgehead atoms. The van der Waals surface area contributed by atoms with Crippen LogP contribution in [0.2, 0.25) is 0 Å². The van der Waals surface area contributed by atoms with Crippen LogP contribution in [0.5, 0.6) is 0 Å². The molecule has 2 heteroatoms. The zero-order valence-electron chi connectivity index (χ0n) is 7.68. The lowest BCUT2D eigenvalue weighted by molar-refractivity contribution is -0.0218. The zero-order chi connectivity index (χ0) is 8.91. The average Bonchev–Trinajstić information content (AvgIpc) is 1.84. The van der Waals surface area contributed by atoms with Crippen LogP contribution in [-0.2, 0) is 4.74 Å². The number of hydrogen-bond acceptors (Lipinski definition) is 2. The molecule has 0 aromatic rings. The van der Waals surface area contributed by atoms with Gasteiger partial charge in [-0.2, -0.15) is 0 Å². The lowest BCUT2D eigenvalue weighted by atomic mass is 10.0. The zero-order valence-corrected chi connectivity index (χ0v) is 7.68. The van der Waals surface area contributed by atoms with Crippen molar-refractivity contribution in [2.24, 2.45) is 0 Å². The summed E-state index contributed by atoms with van der Waals surface area (Å²) in [5, 5.41) is 8.76. The first-order valence-electron chi connectivity index (χ1n) is 3.98. The van der Waals surface area contributed by atoms with Crippen molar-refractivity contribution in [1.82, 2.24) is 0 Å². The van der Waals surface area contributed by atoms with Crippen LogP contribution in [0.4, 0.5) is 0 Å². The monoisotopic (exact) mass is 158 g/mol. The molecule has 0 unspecified atom stereocenters. The third kappa shape index (κ3) is 5.92. The Morgan fingerprint density at radius 3 is 2.45 bits per heavy atom. The Morgan fingerprint density at radius 1 is 1.55 bits per heavy atom. The quantitative estimate of drug-likeness (QED) is 0.623. The molecule has 0 aliphatic rings. The number of rotatable bonds is 5. The summed E-state index contributed by atoms with van der Waals surface area (Å²) in [4.78, 5) is 0. The Morgan fingerprint density at radius 2 is 2.09 bits per heavy atom. The summed E-state index contributed by atoms with van der Waals surface area (Å²) >= 11 is 0. The highest BCUT2D eigenvalue weighted by molar-refractivity contribution is 4.80. The molecular formula is C9H18O2. The number of aliphatic hydroxyl groups is 1. The Bertz CT molecular complexity index is 128. The number of ether oxygens (including phenoxy) is 1. The van der Waals surface area contributed by atoms with Gasteiger partial charge in [0.1, 0.15) is 12.4 Å². The third-order valence-electron chi connectivity index (χ3n) is 1.48. The summed E-state index contributed by atoms with van der Waals surface area (Å²) in [6.45, 7) is 9.73. The van der Waals surface area contributed by atoms with Gasteiger partial charge in [0.2, 0.25) is 0 Å². The van der Waals surface area contributed by atoms with E-state index in [-0.39, 0.29) is 18.0 Å². The van der Waals surface area contributed by atoms with E-state index in [1.54, 1.807) is 0 Å². The van der Waals surface area contributed by atoms with Crippen LogP contribution in [0.25, 0.3) is 0 Å². The maximum atomic E-state index is 8.76. The van der Waals surface area contributed by atoms with Gasteiger partial charge >= 0.3 is 0 Å². The molecule has 66 valence electrons. The molecule has 0 heterocycles. The molecule has 0 saturated carbocycles. The third-order valence-corrected chi connectivity index (χ3v) is 1.48. The smallest absolute Gasteiger partial charge is 0.111 e. The van der Waals surface area contributed by atoms with E-state index in [4.69, 9.17) is 9.84 Å². The van der Waals surface area contributed by atoms with Gasteiger partial charge in [0.05, 0.1) is 5.60 Å². The highest BCUT2D eigenvalue weighted by Gasteiger charge is 2.16. The first kappa shape index (κ1) is 10.5. The fraction of sp³-hybridized carbons (Fsp3) is 0.778. The molecule has 2 nitrogen and oxygen atoms in total. The van der Waals surface area contributed by atoms with Gasteiger partial charge in [0, 0.05) is 0 Å². The van der Waals surface area contributed by atoms with Crippen LogP contribution in [-0.4, -0.2) is 17.3 Å². The molecule has 0 aromatic heterocycles. The van der Waals surface area contributed by atoms with E-state index in [9.17, 15) is 0 Å². The van der Waals surface area contributed by atoms with Gasteiger partial charge in [0.15, 0.2) is 0 Å². The van der Waals surface area contributed by atoms with Crippen LogP contribution in [0.3, 0.4) is 0 Å². The fourth-order valence-corrected chi connectivity index (χ4v) is 0.953. The Hall–Kier alpha value is -0.500. The second kappa shape index (κ2) is 4.39. The summed E-state index contributed by atoms with van der Waals surface area (Å²) in [6.07, 6.45) is 2.09. The van der Waals surface area contributed by atoms with Crippen molar-refractivity contribution in [2.75, 3.05) is 6.61 Å². The van der Waals surface area contributed by atoms with Crippen molar-refractivity contribution in [3.05, 3.63) is 12.3 Å². The largest absolute Gasteiger partial charge is 0.510 e. The fourth-order valence-electron chi connectivity index (χ4n) is 0.953. The van der Waals surface area contributed by atoms with E-state index in [2.05, 4.69) is 13.5 Å². The van der Waals surface area contributed by atoms with Crippen molar-refractivity contribution in [3.63, 3.8) is 0 Å². The molecule has 0 aliphatic carbocycles. The van der Waals surface area contributed by atoms with E-state index in [0.717, 1.165) is 12.8 Å². The summed E-state index contributed by atoms with van der Waals surface area (Å²) in [5.74, 6) is 0.0918. The maximum Gasteiger partial charge on any atom is 0.111 e. The van der Waals surface area contributed by atoms with Crippen molar-refractivity contribution >= 4 is 0 Å². The van der Waals surface area contributed by atoms with Gasteiger partial charge in [-0.25, -0.2) is 0 Å². The van der Waals surface area contributed by atoms with Crippen LogP contribution in [0.1, 0.15) is 33.6 Å². The Balaban J connectivity index is 3.63. The first-order chi connectivity index (χ1) is 4.98. The molecule has 11 heavy (non-hydrogen) atoms. The highest BCUT2D eigenvalue weighted by atomic mass is 16.5.